The number of para-hydroxylation sites is 1. The fourth-order valence-electron chi connectivity index (χ4n) is 3.38. The molecular weight excluding hydrogens is 478 g/mol. The summed E-state index contributed by atoms with van der Waals surface area (Å²) in [6, 6.07) is 22.7. The number of aromatic nitrogens is 3. The number of nitrogens with zero attached hydrogens (tertiary/aromatic N) is 4. The maximum absolute atomic E-state index is 12.5. The number of benzene rings is 3. The van der Waals surface area contributed by atoms with E-state index in [9.17, 15) is 4.79 Å². The van der Waals surface area contributed by atoms with E-state index in [2.05, 4.69) is 20.7 Å². The van der Waals surface area contributed by atoms with Gasteiger partial charge in [-0.1, -0.05) is 30.0 Å². The molecule has 0 atom stereocenters. The molecule has 1 aromatic heterocycles. The number of amides is 1. The fourth-order valence-corrected chi connectivity index (χ4v) is 4.12. The van der Waals surface area contributed by atoms with Crippen LogP contribution in [0.15, 0.2) is 83.1 Å². The third-order valence-corrected chi connectivity index (χ3v) is 6.09. The average molecular weight is 504 g/mol. The molecule has 0 aliphatic heterocycles. The lowest BCUT2D eigenvalue weighted by Crippen LogP contribution is -2.20. The summed E-state index contributed by atoms with van der Waals surface area (Å²) < 4.78 is 17.7. The zero-order valence-corrected chi connectivity index (χ0v) is 20.9. The highest BCUT2D eigenvalue weighted by atomic mass is 32.2. The van der Waals surface area contributed by atoms with Gasteiger partial charge < -0.3 is 14.2 Å². The van der Waals surface area contributed by atoms with Crippen LogP contribution in [0.25, 0.3) is 17.1 Å². The summed E-state index contributed by atoms with van der Waals surface area (Å²) in [5.74, 6) is 2.50. The Labute approximate surface area is 213 Å². The minimum absolute atomic E-state index is 0.0974. The summed E-state index contributed by atoms with van der Waals surface area (Å²) in [5, 5.41) is 13.4. The molecule has 10 heteroatoms. The van der Waals surface area contributed by atoms with Crippen molar-refractivity contribution in [1.29, 1.82) is 0 Å². The molecule has 1 amide bonds. The van der Waals surface area contributed by atoms with E-state index in [4.69, 9.17) is 14.2 Å². The minimum atomic E-state index is -0.285. The molecule has 1 N–H and O–H groups in total. The number of nitrogens with one attached hydrogen (secondary N) is 1. The van der Waals surface area contributed by atoms with Crippen molar-refractivity contribution in [3.05, 3.63) is 78.4 Å². The monoisotopic (exact) mass is 503 g/mol. The molecule has 0 unspecified atom stereocenters. The van der Waals surface area contributed by atoms with Crippen molar-refractivity contribution < 1.29 is 19.0 Å². The molecule has 0 bridgehead atoms. The fraction of sp³-hybridized carbons (Fsp3) is 0.154. The third kappa shape index (κ3) is 5.84. The molecule has 1 heterocycles. The van der Waals surface area contributed by atoms with Gasteiger partial charge in [-0.3, -0.25) is 9.36 Å². The van der Waals surface area contributed by atoms with Crippen molar-refractivity contribution in [2.75, 3.05) is 27.1 Å². The quantitative estimate of drug-likeness (QED) is 0.197. The Morgan fingerprint density at radius 2 is 1.67 bits per heavy atom. The second-order valence-corrected chi connectivity index (χ2v) is 8.34. The van der Waals surface area contributed by atoms with Crippen LogP contribution in [0.3, 0.4) is 0 Å². The van der Waals surface area contributed by atoms with E-state index in [1.54, 1.807) is 39.5 Å². The third-order valence-electron chi connectivity index (χ3n) is 5.16. The Morgan fingerprint density at radius 3 is 2.36 bits per heavy atom. The standard InChI is InChI=1S/C26H25N5O4S/c1-33-21-11-9-18(10-12-21)25-29-30-26(31(25)20-7-5-4-6-8-20)36-17-24(32)28-27-16-19-15-22(34-2)13-14-23(19)35-3/h4-16H,17H2,1-3H3,(H,28,32)/b27-16-. The van der Waals surface area contributed by atoms with Crippen LogP contribution < -0.4 is 19.6 Å². The zero-order valence-electron chi connectivity index (χ0n) is 20.0. The minimum Gasteiger partial charge on any atom is -0.497 e. The van der Waals surface area contributed by atoms with E-state index in [0.29, 0.717) is 28.0 Å². The van der Waals surface area contributed by atoms with Crippen molar-refractivity contribution in [3.63, 3.8) is 0 Å². The normalized spacial score (nSPS) is 10.9. The number of hydrazone groups is 1. The summed E-state index contributed by atoms with van der Waals surface area (Å²) in [6.07, 6.45) is 1.51. The van der Waals surface area contributed by atoms with Crippen LogP contribution in [0.1, 0.15) is 5.56 Å². The topological polar surface area (TPSA) is 99.9 Å². The lowest BCUT2D eigenvalue weighted by molar-refractivity contribution is -0.118. The molecule has 0 aliphatic carbocycles. The number of hydrogen-bond donors (Lipinski definition) is 1. The summed E-state index contributed by atoms with van der Waals surface area (Å²) in [6.45, 7) is 0. The number of thioether (sulfide) groups is 1. The van der Waals surface area contributed by atoms with E-state index in [0.717, 1.165) is 17.0 Å². The van der Waals surface area contributed by atoms with Crippen molar-refractivity contribution in [3.8, 4) is 34.3 Å². The highest BCUT2D eigenvalue weighted by Crippen LogP contribution is 2.29. The molecule has 4 rings (SSSR count). The van der Waals surface area contributed by atoms with Gasteiger partial charge in [0.2, 0.25) is 0 Å². The SMILES string of the molecule is COc1ccc(-c2nnc(SCC(=O)N/N=C\c3cc(OC)ccc3OC)n2-c2ccccc2)cc1. The van der Waals surface area contributed by atoms with Crippen LogP contribution >= 0.6 is 11.8 Å². The maximum Gasteiger partial charge on any atom is 0.250 e. The van der Waals surface area contributed by atoms with Crippen LogP contribution in [0, 0.1) is 0 Å². The van der Waals surface area contributed by atoms with Crippen molar-refractivity contribution in [2.45, 2.75) is 5.16 Å². The van der Waals surface area contributed by atoms with E-state index < -0.39 is 0 Å². The lowest BCUT2D eigenvalue weighted by atomic mass is 10.2. The smallest absolute Gasteiger partial charge is 0.250 e. The Kier molecular flexibility index (Phi) is 8.20. The van der Waals surface area contributed by atoms with Gasteiger partial charge in [0, 0.05) is 16.8 Å². The summed E-state index contributed by atoms with van der Waals surface area (Å²) >= 11 is 1.27. The van der Waals surface area contributed by atoms with Gasteiger partial charge in [-0.2, -0.15) is 5.10 Å². The second-order valence-electron chi connectivity index (χ2n) is 7.40. The summed E-state index contributed by atoms with van der Waals surface area (Å²) in [5.41, 5.74) is 4.98. The van der Waals surface area contributed by atoms with Gasteiger partial charge in [-0.05, 0) is 54.6 Å². The van der Waals surface area contributed by atoms with Crippen LogP contribution in [-0.4, -0.2) is 54.0 Å². The molecular formula is C26H25N5O4S. The summed E-state index contributed by atoms with van der Waals surface area (Å²) in [4.78, 5) is 12.5. The first-order valence-electron chi connectivity index (χ1n) is 10.9. The highest BCUT2D eigenvalue weighted by molar-refractivity contribution is 7.99. The van der Waals surface area contributed by atoms with E-state index in [-0.39, 0.29) is 11.7 Å². The van der Waals surface area contributed by atoms with E-state index in [1.165, 1.54) is 18.0 Å². The summed E-state index contributed by atoms with van der Waals surface area (Å²) in [7, 11) is 4.77. The first kappa shape index (κ1) is 24.8. The van der Waals surface area contributed by atoms with E-state index in [1.807, 2.05) is 59.2 Å². The van der Waals surface area contributed by atoms with Crippen molar-refractivity contribution >= 4 is 23.9 Å². The van der Waals surface area contributed by atoms with Crippen LogP contribution in [-0.2, 0) is 4.79 Å². The molecule has 0 aliphatic rings. The van der Waals surface area contributed by atoms with Gasteiger partial charge in [0.05, 0.1) is 33.3 Å². The van der Waals surface area contributed by atoms with Gasteiger partial charge in [-0.15, -0.1) is 10.2 Å². The molecule has 9 nitrogen and oxygen atoms in total. The molecule has 184 valence electrons. The molecule has 3 aromatic carbocycles. The Hall–Kier alpha value is -4.31. The average Bonchev–Trinajstić information content (AvgIpc) is 3.36. The number of carbonyl (C=O) groups excluding carboxylic acids is 1. The zero-order chi connectivity index (χ0) is 25.3. The molecule has 0 fully saturated rings. The highest BCUT2D eigenvalue weighted by Gasteiger charge is 2.17. The van der Waals surface area contributed by atoms with Crippen LogP contribution in [0.5, 0.6) is 17.2 Å². The lowest BCUT2D eigenvalue weighted by Gasteiger charge is -2.10. The van der Waals surface area contributed by atoms with Crippen LogP contribution in [0.2, 0.25) is 0 Å². The first-order chi connectivity index (χ1) is 17.6. The molecule has 0 saturated carbocycles. The van der Waals surface area contributed by atoms with E-state index >= 15 is 0 Å². The number of carbonyl (C=O) groups is 1. The Bertz CT molecular complexity index is 1340. The molecule has 36 heavy (non-hydrogen) atoms. The molecule has 0 spiro atoms. The predicted octanol–water partition coefficient (Wildman–Crippen LogP) is 4.20. The van der Waals surface area contributed by atoms with Gasteiger partial charge in [0.1, 0.15) is 17.2 Å². The van der Waals surface area contributed by atoms with Gasteiger partial charge in [-0.25, -0.2) is 5.43 Å². The van der Waals surface area contributed by atoms with Crippen molar-refractivity contribution in [2.24, 2.45) is 5.10 Å². The first-order valence-corrected chi connectivity index (χ1v) is 11.9. The second kappa shape index (κ2) is 11.9. The molecule has 4 aromatic rings. The number of hydrogen-bond acceptors (Lipinski definition) is 8. The van der Waals surface area contributed by atoms with Gasteiger partial charge >= 0.3 is 0 Å². The molecule has 0 radical (unpaired) electrons. The molecule has 0 saturated heterocycles. The number of rotatable bonds is 10. The Morgan fingerprint density at radius 1 is 0.944 bits per heavy atom. The largest absolute Gasteiger partial charge is 0.497 e. The number of methoxy groups -OCH3 is 3. The van der Waals surface area contributed by atoms with Gasteiger partial charge in [0.15, 0.2) is 11.0 Å². The van der Waals surface area contributed by atoms with Crippen LogP contribution in [0.4, 0.5) is 0 Å². The Balaban J connectivity index is 1.49. The predicted molar refractivity (Wildman–Crippen MR) is 139 cm³/mol. The van der Waals surface area contributed by atoms with Gasteiger partial charge in [0.25, 0.3) is 5.91 Å². The van der Waals surface area contributed by atoms with Crippen molar-refractivity contribution in [1.82, 2.24) is 20.2 Å². The number of ether oxygens (including phenoxy) is 3. The maximum atomic E-state index is 12.5.